The zero-order chi connectivity index (χ0) is 17.2. The maximum absolute atomic E-state index is 13.6. The first kappa shape index (κ1) is 17.5. The summed E-state index contributed by atoms with van der Waals surface area (Å²) >= 11 is 1.59. The maximum atomic E-state index is 13.6. The predicted molar refractivity (Wildman–Crippen MR) is 89.1 cm³/mol. The summed E-state index contributed by atoms with van der Waals surface area (Å²) in [5, 5.41) is 16.9. The van der Waals surface area contributed by atoms with Crippen LogP contribution in [-0.2, 0) is 12.0 Å². The lowest BCUT2D eigenvalue weighted by Crippen LogP contribution is -2.19. The quantitative estimate of drug-likeness (QED) is 0.651. The highest BCUT2D eigenvalue weighted by molar-refractivity contribution is 7.09. The monoisotopic (exact) mass is 337 g/mol. The molecule has 2 aromatic rings. The van der Waals surface area contributed by atoms with Gasteiger partial charge in [-0.2, -0.15) is 4.39 Å². The van der Waals surface area contributed by atoms with E-state index in [1.165, 1.54) is 12.1 Å². The van der Waals surface area contributed by atoms with E-state index in [2.05, 4.69) is 36.5 Å². The van der Waals surface area contributed by atoms with Crippen LogP contribution in [-0.4, -0.2) is 9.91 Å². The van der Waals surface area contributed by atoms with Gasteiger partial charge >= 0.3 is 5.69 Å². The Morgan fingerprint density at radius 3 is 2.65 bits per heavy atom. The lowest BCUT2D eigenvalue weighted by atomic mass is 9.93. The van der Waals surface area contributed by atoms with Crippen LogP contribution in [0.25, 0.3) is 0 Å². The van der Waals surface area contributed by atoms with Gasteiger partial charge in [0.25, 0.3) is 0 Å². The average molecular weight is 337 g/mol. The summed E-state index contributed by atoms with van der Waals surface area (Å²) in [7, 11) is 0. The van der Waals surface area contributed by atoms with Crippen LogP contribution in [0.2, 0.25) is 0 Å². The zero-order valence-electron chi connectivity index (χ0n) is 13.6. The molecule has 1 aromatic carbocycles. The van der Waals surface area contributed by atoms with Crippen molar-refractivity contribution < 1.29 is 9.31 Å². The molecule has 0 aliphatic heterocycles. The second-order valence-corrected chi connectivity index (χ2v) is 7.36. The van der Waals surface area contributed by atoms with Gasteiger partial charge < -0.3 is 5.32 Å². The van der Waals surface area contributed by atoms with Crippen molar-refractivity contribution in [1.29, 1.82) is 0 Å². The van der Waals surface area contributed by atoms with E-state index in [0.29, 0.717) is 12.1 Å². The zero-order valence-corrected chi connectivity index (χ0v) is 14.4. The van der Waals surface area contributed by atoms with Gasteiger partial charge in [0.2, 0.25) is 5.82 Å². The molecule has 0 aliphatic carbocycles. The van der Waals surface area contributed by atoms with Gasteiger partial charge in [-0.15, -0.1) is 11.3 Å². The van der Waals surface area contributed by atoms with Crippen molar-refractivity contribution in [3.8, 4) is 0 Å². The molecular weight excluding hydrogens is 317 g/mol. The normalized spacial score (nSPS) is 13.1. The van der Waals surface area contributed by atoms with E-state index in [1.54, 1.807) is 17.4 Å². The molecule has 1 N–H and O–H groups in total. The second-order valence-electron chi connectivity index (χ2n) is 6.47. The van der Waals surface area contributed by atoms with Crippen LogP contribution >= 0.6 is 11.3 Å². The van der Waals surface area contributed by atoms with E-state index in [-0.39, 0.29) is 11.5 Å². The number of aromatic nitrogens is 1. The minimum Gasteiger partial charge on any atom is -0.304 e. The summed E-state index contributed by atoms with van der Waals surface area (Å²) in [5.41, 5.74) is 1.22. The number of hydrogen-bond donors (Lipinski definition) is 1. The standard InChI is InChI=1S/C16H20FN3O2S/c1-10(15-19-14(9-23-15)16(2,3)4)18-8-11-5-6-13(20(21)22)12(17)7-11/h5-7,9-10,18H,8H2,1-4H3/t10-/m1/s1. The lowest BCUT2D eigenvalue weighted by Gasteiger charge is -2.15. The third kappa shape index (κ3) is 4.33. The largest absolute Gasteiger partial charge is 0.304 e. The van der Waals surface area contributed by atoms with Gasteiger partial charge in [-0.3, -0.25) is 10.1 Å². The molecule has 0 saturated heterocycles. The van der Waals surface area contributed by atoms with Crippen molar-refractivity contribution in [3.63, 3.8) is 0 Å². The summed E-state index contributed by atoms with van der Waals surface area (Å²) in [5.74, 6) is -0.814. The topological polar surface area (TPSA) is 68.1 Å². The van der Waals surface area contributed by atoms with Crippen molar-refractivity contribution in [2.45, 2.75) is 45.7 Å². The molecule has 0 fully saturated rings. The summed E-state index contributed by atoms with van der Waals surface area (Å²) in [4.78, 5) is 14.5. The predicted octanol–water partition coefficient (Wildman–Crippen LogP) is 4.34. The van der Waals surface area contributed by atoms with Gasteiger partial charge in [-0.25, -0.2) is 4.98 Å². The highest BCUT2D eigenvalue weighted by atomic mass is 32.1. The fraction of sp³-hybridized carbons (Fsp3) is 0.438. The molecule has 5 nitrogen and oxygen atoms in total. The third-order valence-electron chi connectivity index (χ3n) is 3.48. The molecule has 124 valence electrons. The molecule has 1 aromatic heterocycles. The van der Waals surface area contributed by atoms with Crippen LogP contribution in [0.15, 0.2) is 23.6 Å². The molecule has 2 rings (SSSR count). The number of nitrogens with zero attached hydrogens (tertiary/aromatic N) is 2. The minimum atomic E-state index is -0.814. The number of nitro groups is 1. The first-order valence-electron chi connectivity index (χ1n) is 7.30. The number of nitrogens with one attached hydrogen (secondary N) is 1. The van der Waals surface area contributed by atoms with Crippen LogP contribution in [0, 0.1) is 15.9 Å². The molecule has 23 heavy (non-hydrogen) atoms. The summed E-state index contributed by atoms with van der Waals surface area (Å²) < 4.78 is 13.6. The Hall–Kier alpha value is -1.86. The van der Waals surface area contributed by atoms with Gasteiger partial charge in [-0.1, -0.05) is 26.8 Å². The van der Waals surface area contributed by atoms with E-state index in [0.717, 1.165) is 10.7 Å². The van der Waals surface area contributed by atoms with Crippen molar-refractivity contribution >= 4 is 17.0 Å². The van der Waals surface area contributed by atoms with E-state index in [9.17, 15) is 14.5 Å². The van der Waals surface area contributed by atoms with Gasteiger partial charge in [-0.05, 0) is 18.6 Å². The Labute approximate surface area is 138 Å². The number of thiazole rings is 1. The van der Waals surface area contributed by atoms with Crippen LogP contribution < -0.4 is 5.32 Å². The van der Waals surface area contributed by atoms with E-state index in [4.69, 9.17) is 0 Å². The average Bonchev–Trinajstić information content (AvgIpc) is 2.94. The number of hydrogen-bond acceptors (Lipinski definition) is 5. The Balaban J connectivity index is 2.02. The first-order valence-corrected chi connectivity index (χ1v) is 8.18. The van der Waals surface area contributed by atoms with Gasteiger partial charge in [0.1, 0.15) is 5.01 Å². The molecular formula is C16H20FN3O2S. The fourth-order valence-electron chi connectivity index (χ4n) is 2.00. The first-order chi connectivity index (χ1) is 10.7. The van der Waals surface area contributed by atoms with Crippen molar-refractivity contribution in [2.24, 2.45) is 0 Å². The Kier molecular flexibility index (Phi) is 5.11. The number of benzene rings is 1. The number of nitro benzene ring substituents is 1. The molecule has 7 heteroatoms. The van der Waals surface area contributed by atoms with E-state index < -0.39 is 16.4 Å². The molecule has 1 heterocycles. The third-order valence-corrected chi connectivity index (χ3v) is 4.51. The highest BCUT2D eigenvalue weighted by Crippen LogP contribution is 2.27. The van der Waals surface area contributed by atoms with Gasteiger partial charge in [0, 0.05) is 23.4 Å². The smallest absolute Gasteiger partial charge is 0.304 e. The Morgan fingerprint density at radius 2 is 2.13 bits per heavy atom. The lowest BCUT2D eigenvalue weighted by molar-refractivity contribution is -0.387. The van der Waals surface area contributed by atoms with E-state index in [1.807, 2.05) is 6.92 Å². The molecule has 0 bridgehead atoms. The highest BCUT2D eigenvalue weighted by Gasteiger charge is 2.19. The molecule has 0 saturated carbocycles. The van der Waals surface area contributed by atoms with Crippen molar-refractivity contribution in [2.75, 3.05) is 0 Å². The number of halogens is 1. The van der Waals surface area contributed by atoms with Crippen LogP contribution in [0.4, 0.5) is 10.1 Å². The summed E-state index contributed by atoms with van der Waals surface area (Å²) in [6, 6.07) is 3.97. The molecule has 0 aliphatic rings. The van der Waals surface area contributed by atoms with Crippen LogP contribution in [0.1, 0.15) is 50.0 Å². The molecule has 0 amide bonds. The van der Waals surface area contributed by atoms with Gasteiger partial charge in [0.05, 0.1) is 16.7 Å². The van der Waals surface area contributed by atoms with Crippen LogP contribution in [0.5, 0.6) is 0 Å². The number of rotatable bonds is 5. The maximum Gasteiger partial charge on any atom is 0.304 e. The van der Waals surface area contributed by atoms with Crippen molar-refractivity contribution in [1.82, 2.24) is 10.3 Å². The second kappa shape index (κ2) is 6.72. The molecule has 0 radical (unpaired) electrons. The SMILES string of the molecule is C[C@@H](NCc1ccc([N+](=O)[O-])c(F)c1)c1nc(C(C)(C)C)cs1. The molecule has 1 atom stereocenters. The van der Waals surface area contributed by atoms with Crippen molar-refractivity contribution in [3.05, 3.63) is 55.8 Å². The minimum absolute atomic E-state index is 0.00988. The summed E-state index contributed by atoms with van der Waals surface area (Å²) in [6.45, 7) is 8.75. The Bertz CT molecular complexity index is 710. The fourth-order valence-corrected chi connectivity index (χ4v) is 3.07. The van der Waals surface area contributed by atoms with E-state index >= 15 is 0 Å². The van der Waals surface area contributed by atoms with Gasteiger partial charge in [0.15, 0.2) is 0 Å². The molecule has 0 spiro atoms. The summed E-state index contributed by atoms with van der Waals surface area (Å²) in [6.07, 6.45) is 0. The van der Waals surface area contributed by atoms with Crippen LogP contribution in [0.3, 0.4) is 0 Å². The Morgan fingerprint density at radius 1 is 1.43 bits per heavy atom. The molecule has 0 unspecified atom stereocenters.